The molecule has 0 N–H and O–H groups in total. The van der Waals surface area contributed by atoms with Crippen molar-refractivity contribution < 1.29 is 0 Å². The van der Waals surface area contributed by atoms with Gasteiger partial charge in [-0.2, -0.15) is 29.8 Å². The predicted octanol–water partition coefficient (Wildman–Crippen LogP) is 3.73. The fourth-order valence-corrected chi connectivity index (χ4v) is 1.21. The van der Waals surface area contributed by atoms with Gasteiger partial charge in [0, 0.05) is 6.42 Å². The Morgan fingerprint density at radius 2 is 2.14 bits per heavy atom. The van der Waals surface area contributed by atoms with Gasteiger partial charge >= 0.3 is 0 Å². The Morgan fingerprint density at radius 1 is 1.29 bits per heavy atom. The lowest BCUT2D eigenvalue weighted by molar-refractivity contribution is 0.737. The first-order chi connectivity index (χ1) is 6.83. The number of hydrogen-bond acceptors (Lipinski definition) is 0. The highest BCUT2D eigenvalue weighted by Gasteiger charge is 1.80. The summed E-state index contributed by atoms with van der Waals surface area (Å²) < 4.78 is 0. The van der Waals surface area contributed by atoms with E-state index in [-0.39, 0.29) is 0 Å². The van der Waals surface area contributed by atoms with Crippen LogP contribution in [0.4, 0.5) is 0 Å². The fraction of sp³-hybridized carbons (Fsp3) is 0.429. The van der Waals surface area contributed by atoms with Gasteiger partial charge in [-0.15, -0.1) is 11.8 Å². The van der Waals surface area contributed by atoms with Crippen molar-refractivity contribution in [3.8, 4) is 11.8 Å². The van der Waals surface area contributed by atoms with E-state index in [1.54, 1.807) is 0 Å². The molecule has 0 fully saturated rings. The van der Waals surface area contributed by atoms with E-state index >= 15 is 0 Å². The molecule has 0 saturated carbocycles. The largest absolute Gasteiger partial charge is 0.179 e. The van der Waals surface area contributed by atoms with E-state index in [1.807, 2.05) is 13.0 Å². The Labute approximate surface area is 87.4 Å². The molecule has 0 unspecified atom stereocenters. The molecule has 0 saturated heterocycles. The molecule has 0 nitrogen and oxygen atoms in total. The molecule has 0 aliphatic rings. The van der Waals surface area contributed by atoms with Crippen molar-refractivity contribution in [2.45, 2.75) is 39.5 Å². The molecule has 1 aromatic rings. The SMILES string of the molecule is CCCCCC#Cc1c[c-]c(C)cc1. The van der Waals surface area contributed by atoms with Crippen molar-refractivity contribution >= 4 is 0 Å². The molecule has 0 radical (unpaired) electrons. The molecule has 0 bridgehead atoms. The number of benzene rings is 1. The van der Waals surface area contributed by atoms with Gasteiger partial charge in [0.25, 0.3) is 0 Å². The van der Waals surface area contributed by atoms with E-state index in [2.05, 4.69) is 37.0 Å². The molecular weight excluding hydrogens is 168 g/mol. The minimum Gasteiger partial charge on any atom is -0.179 e. The fourth-order valence-electron chi connectivity index (χ4n) is 1.21. The van der Waals surface area contributed by atoms with Gasteiger partial charge in [0.15, 0.2) is 0 Å². The molecule has 74 valence electrons. The monoisotopic (exact) mass is 185 g/mol. The average Bonchev–Trinajstić information content (AvgIpc) is 2.21. The van der Waals surface area contributed by atoms with E-state index in [1.165, 1.54) is 24.8 Å². The molecule has 14 heavy (non-hydrogen) atoms. The molecule has 0 spiro atoms. The van der Waals surface area contributed by atoms with E-state index in [0.29, 0.717) is 0 Å². The van der Waals surface area contributed by atoms with Gasteiger partial charge in [0.05, 0.1) is 0 Å². The highest BCUT2D eigenvalue weighted by atomic mass is 13.9. The summed E-state index contributed by atoms with van der Waals surface area (Å²) in [6, 6.07) is 9.22. The third-order valence-corrected chi connectivity index (χ3v) is 2.11. The zero-order chi connectivity index (χ0) is 10.2. The maximum atomic E-state index is 3.19. The summed E-state index contributed by atoms with van der Waals surface area (Å²) >= 11 is 0. The standard InChI is InChI=1S/C14H17/c1-3-4-5-6-7-8-14-11-9-13(2)10-12-14/h9,11-12H,3-6H2,1-2H3/q-1. The summed E-state index contributed by atoms with van der Waals surface area (Å²) in [4.78, 5) is 0. The summed E-state index contributed by atoms with van der Waals surface area (Å²) in [6.07, 6.45) is 4.79. The van der Waals surface area contributed by atoms with Crippen molar-refractivity contribution in [2.75, 3.05) is 0 Å². The molecule has 0 aromatic heterocycles. The van der Waals surface area contributed by atoms with Crippen LogP contribution in [-0.4, -0.2) is 0 Å². The van der Waals surface area contributed by atoms with Crippen molar-refractivity contribution in [2.24, 2.45) is 0 Å². The summed E-state index contributed by atoms with van der Waals surface area (Å²) in [5, 5.41) is 0. The normalized spacial score (nSPS) is 9.29. The zero-order valence-electron chi connectivity index (χ0n) is 9.06. The van der Waals surface area contributed by atoms with Gasteiger partial charge in [-0.1, -0.05) is 32.3 Å². The van der Waals surface area contributed by atoms with Crippen LogP contribution in [0.5, 0.6) is 0 Å². The quantitative estimate of drug-likeness (QED) is 0.382. The first kappa shape index (κ1) is 10.9. The van der Waals surface area contributed by atoms with Gasteiger partial charge in [-0.25, -0.2) is 0 Å². The molecule has 0 atom stereocenters. The Hall–Kier alpha value is -1.22. The Kier molecular flexibility index (Phi) is 4.86. The van der Waals surface area contributed by atoms with Crippen LogP contribution in [0.3, 0.4) is 0 Å². The topological polar surface area (TPSA) is 0 Å². The number of aryl methyl sites for hydroxylation is 1. The Bertz CT molecular complexity index is 308. The molecular formula is C14H17-. The van der Waals surface area contributed by atoms with Crippen LogP contribution < -0.4 is 0 Å². The summed E-state index contributed by atoms with van der Waals surface area (Å²) in [5.74, 6) is 6.34. The molecule has 1 rings (SSSR count). The average molecular weight is 185 g/mol. The van der Waals surface area contributed by atoms with Gasteiger partial charge < -0.3 is 0 Å². The Balaban J connectivity index is 2.39. The number of hydrogen-bond donors (Lipinski definition) is 0. The zero-order valence-corrected chi connectivity index (χ0v) is 9.06. The first-order valence-corrected chi connectivity index (χ1v) is 5.30. The number of rotatable bonds is 3. The summed E-state index contributed by atoms with van der Waals surface area (Å²) in [7, 11) is 0. The van der Waals surface area contributed by atoms with Crippen molar-refractivity contribution in [3.63, 3.8) is 0 Å². The van der Waals surface area contributed by atoms with E-state index < -0.39 is 0 Å². The van der Waals surface area contributed by atoms with Crippen molar-refractivity contribution in [1.82, 2.24) is 0 Å². The molecule has 0 heterocycles. The van der Waals surface area contributed by atoms with Crippen LogP contribution in [0.15, 0.2) is 18.2 Å². The van der Waals surface area contributed by atoms with Crippen molar-refractivity contribution in [3.05, 3.63) is 35.4 Å². The smallest absolute Gasteiger partial charge is 0.00814 e. The number of unbranched alkanes of at least 4 members (excludes halogenated alkanes) is 3. The van der Waals surface area contributed by atoms with Crippen LogP contribution >= 0.6 is 0 Å². The van der Waals surface area contributed by atoms with E-state index in [9.17, 15) is 0 Å². The lowest BCUT2D eigenvalue weighted by Crippen LogP contribution is -1.76. The van der Waals surface area contributed by atoms with Crippen molar-refractivity contribution in [1.29, 1.82) is 0 Å². The summed E-state index contributed by atoms with van der Waals surface area (Å²) in [6.45, 7) is 4.25. The molecule has 0 aliphatic carbocycles. The van der Waals surface area contributed by atoms with Gasteiger partial charge in [-0.3, -0.25) is 0 Å². The third-order valence-electron chi connectivity index (χ3n) is 2.11. The van der Waals surface area contributed by atoms with Crippen LogP contribution in [0, 0.1) is 24.8 Å². The lowest BCUT2D eigenvalue weighted by Gasteiger charge is -2.01. The third kappa shape index (κ3) is 4.14. The van der Waals surface area contributed by atoms with E-state index in [0.717, 1.165) is 12.0 Å². The molecule has 1 aromatic carbocycles. The highest BCUT2D eigenvalue weighted by molar-refractivity contribution is 5.35. The highest BCUT2D eigenvalue weighted by Crippen LogP contribution is 2.01. The maximum absolute atomic E-state index is 3.19. The first-order valence-electron chi connectivity index (χ1n) is 5.30. The van der Waals surface area contributed by atoms with Crippen LogP contribution in [0.1, 0.15) is 43.7 Å². The molecule has 0 amide bonds. The van der Waals surface area contributed by atoms with Gasteiger partial charge in [0.1, 0.15) is 0 Å². The Morgan fingerprint density at radius 3 is 2.79 bits per heavy atom. The minimum atomic E-state index is 1.02. The van der Waals surface area contributed by atoms with Gasteiger partial charge in [0.2, 0.25) is 0 Å². The van der Waals surface area contributed by atoms with Gasteiger partial charge in [-0.05, 0) is 6.42 Å². The summed E-state index contributed by atoms with van der Waals surface area (Å²) in [5.41, 5.74) is 2.24. The predicted molar refractivity (Wildman–Crippen MR) is 61.0 cm³/mol. The second-order valence-electron chi connectivity index (χ2n) is 3.52. The molecule has 0 aliphatic heterocycles. The maximum Gasteiger partial charge on any atom is 0.00814 e. The minimum absolute atomic E-state index is 1.02. The van der Waals surface area contributed by atoms with Crippen LogP contribution in [-0.2, 0) is 0 Å². The van der Waals surface area contributed by atoms with Crippen LogP contribution in [0.2, 0.25) is 0 Å². The second kappa shape index (κ2) is 6.27. The lowest BCUT2D eigenvalue weighted by atomic mass is 10.1. The molecule has 0 heteroatoms. The van der Waals surface area contributed by atoms with E-state index in [4.69, 9.17) is 0 Å². The van der Waals surface area contributed by atoms with Crippen LogP contribution in [0.25, 0.3) is 0 Å². The second-order valence-corrected chi connectivity index (χ2v) is 3.52.